The van der Waals surface area contributed by atoms with Crippen LogP contribution < -0.4 is 15.2 Å². The molecule has 2 aromatic rings. The third-order valence-electron chi connectivity index (χ3n) is 2.64. The number of benzene rings is 1. The maximum absolute atomic E-state index is 5.68. The molecule has 0 fully saturated rings. The lowest BCUT2D eigenvalue weighted by Crippen LogP contribution is -2.01. The van der Waals surface area contributed by atoms with Gasteiger partial charge in [-0.2, -0.15) is 0 Å². The minimum Gasteiger partial charge on any atom is -0.496 e. The summed E-state index contributed by atoms with van der Waals surface area (Å²) >= 11 is 3.43. The maximum Gasteiger partial charge on any atom is 0.138 e. The lowest BCUT2D eigenvalue weighted by atomic mass is 10.2. The molecule has 0 atom stereocenters. The molecule has 4 nitrogen and oxygen atoms in total. The van der Waals surface area contributed by atoms with E-state index in [0.717, 1.165) is 21.5 Å². The van der Waals surface area contributed by atoms with Gasteiger partial charge in [-0.25, -0.2) is 0 Å². The summed E-state index contributed by atoms with van der Waals surface area (Å²) in [5.74, 6) is 1.51. The van der Waals surface area contributed by atoms with Crippen molar-refractivity contribution in [3.05, 3.63) is 52.3 Å². The number of pyridine rings is 1. The first-order valence-electron chi connectivity index (χ1n) is 5.83. The predicted octanol–water partition coefficient (Wildman–Crippen LogP) is 2.89. The van der Waals surface area contributed by atoms with Gasteiger partial charge in [0.2, 0.25) is 0 Å². The van der Waals surface area contributed by atoms with E-state index in [4.69, 9.17) is 15.2 Å². The van der Waals surface area contributed by atoms with E-state index in [-0.39, 0.29) is 0 Å². The van der Waals surface area contributed by atoms with Gasteiger partial charge in [-0.15, -0.1) is 0 Å². The van der Waals surface area contributed by atoms with Gasteiger partial charge in [-0.1, -0.05) is 15.9 Å². The number of halogens is 1. The van der Waals surface area contributed by atoms with Crippen molar-refractivity contribution >= 4 is 15.9 Å². The molecule has 0 spiro atoms. The highest BCUT2D eigenvalue weighted by molar-refractivity contribution is 9.10. The molecule has 5 heteroatoms. The van der Waals surface area contributed by atoms with Crippen LogP contribution in [0.1, 0.15) is 11.3 Å². The summed E-state index contributed by atoms with van der Waals surface area (Å²) in [4.78, 5) is 4.18. The molecule has 1 aromatic carbocycles. The lowest BCUT2D eigenvalue weighted by Gasteiger charge is -2.10. The van der Waals surface area contributed by atoms with Gasteiger partial charge in [0.25, 0.3) is 0 Å². The summed E-state index contributed by atoms with van der Waals surface area (Å²) in [6, 6.07) is 9.52. The zero-order valence-electron chi connectivity index (χ0n) is 10.6. The van der Waals surface area contributed by atoms with Gasteiger partial charge < -0.3 is 15.2 Å². The summed E-state index contributed by atoms with van der Waals surface area (Å²) in [5, 5.41) is 0. The fourth-order valence-corrected chi connectivity index (χ4v) is 2.05. The predicted molar refractivity (Wildman–Crippen MR) is 77.2 cm³/mol. The van der Waals surface area contributed by atoms with Crippen molar-refractivity contribution < 1.29 is 9.47 Å². The van der Waals surface area contributed by atoms with Crippen LogP contribution in [0.25, 0.3) is 0 Å². The van der Waals surface area contributed by atoms with Gasteiger partial charge >= 0.3 is 0 Å². The Hall–Kier alpha value is -1.59. The first kappa shape index (κ1) is 13.8. The molecule has 19 heavy (non-hydrogen) atoms. The Kier molecular flexibility index (Phi) is 4.76. The van der Waals surface area contributed by atoms with Gasteiger partial charge in [0, 0.05) is 16.6 Å². The molecular weight excluding hydrogens is 308 g/mol. The number of aromatic nitrogens is 1. The maximum atomic E-state index is 5.68. The van der Waals surface area contributed by atoms with Crippen molar-refractivity contribution in [2.75, 3.05) is 7.11 Å². The van der Waals surface area contributed by atoms with E-state index in [1.165, 1.54) is 0 Å². The lowest BCUT2D eigenvalue weighted by molar-refractivity contribution is 0.295. The molecule has 2 rings (SSSR count). The van der Waals surface area contributed by atoms with Crippen molar-refractivity contribution in [3.8, 4) is 11.5 Å². The topological polar surface area (TPSA) is 57.4 Å². The van der Waals surface area contributed by atoms with E-state index in [2.05, 4.69) is 20.9 Å². The molecule has 1 heterocycles. The molecule has 0 aliphatic heterocycles. The van der Waals surface area contributed by atoms with Gasteiger partial charge in [0.1, 0.15) is 18.1 Å². The zero-order valence-corrected chi connectivity index (χ0v) is 12.2. The Morgan fingerprint density at radius 3 is 2.74 bits per heavy atom. The second-order valence-electron chi connectivity index (χ2n) is 3.93. The van der Waals surface area contributed by atoms with Crippen LogP contribution in [0.2, 0.25) is 0 Å². The Morgan fingerprint density at radius 2 is 2.11 bits per heavy atom. The van der Waals surface area contributed by atoms with E-state index in [1.54, 1.807) is 13.3 Å². The third kappa shape index (κ3) is 3.68. The highest BCUT2D eigenvalue weighted by Gasteiger charge is 2.05. The number of methoxy groups -OCH3 is 1. The normalized spacial score (nSPS) is 10.3. The Morgan fingerprint density at radius 1 is 1.26 bits per heavy atom. The standard InChI is InChI=1S/C14H15BrN2O2/c1-18-14-5-2-11(15)6-10(14)9-19-13-4-3-12(7-16)17-8-13/h2-6,8H,7,9,16H2,1H3. The molecule has 1 aromatic heterocycles. The number of nitrogens with two attached hydrogens (primary N) is 1. The Labute approximate surface area is 120 Å². The van der Waals surface area contributed by atoms with Gasteiger partial charge in [-0.3, -0.25) is 4.98 Å². The van der Waals surface area contributed by atoms with Gasteiger partial charge in [0.15, 0.2) is 0 Å². The number of ether oxygens (including phenoxy) is 2. The van der Waals surface area contributed by atoms with Crippen LogP contribution in [0.15, 0.2) is 41.0 Å². The van der Waals surface area contributed by atoms with Crippen LogP contribution in [-0.2, 0) is 13.2 Å². The highest BCUT2D eigenvalue weighted by Crippen LogP contribution is 2.24. The second-order valence-corrected chi connectivity index (χ2v) is 4.85. The quantitative estimate of drug-likeness (QED) is 0.919. The number of hydrogen-bond donors (Lipinski definition) is 1. The largest absolute Gasteiger partial charge is 0.496 e. The van der Waals surface area contributed by atoms with Gasteiger partial charge in [0.05, 0.1) is 19.0 Å². The van der Waals surface area contributed by atoms with Crippen LogP contribution in [0.5, 0.6) is 11.5 Å². The number of rotatable bonds is 5. The SMILES string of the molecule is COc1ccc(Br)cc1COc1ccc(CN)nc1. The Bertz CT molecular complexity index is 544. The van der Waals surface area contributed by atoms with Crippen LogP contribution in [0, 0.1) is 0 Å². The second kappa shape index (κ2) is 6.54. The molecule has 0 amide bonds. The molecule has 0 aliphatic rings. The monoisotopic (exact) mass is 322 g/mol. The van der Waals surface area contributed by atoms with Crippen molar-refractivity contribution in [1.29, 1.82) is 0 Å². The minimum atomic E-state index is 0.423. The first-order chi connectivity index (χ1) is 9.22. The highest BCUT2D eigenvalue weighted by atomic mass is 79.9. The molecule has 0 saturated carbocycles. The molecule has 0 unspecified atom stereocenters. The smallest absolute Gasteiger partial charge is 0.138 e. The fraction of sp³-hybridized carbons (Fsp3) is 0.214. The first-order valence-corrected chi connectivity index (χ1v) is 6.62. The molecule has 100 valence electrons. The number of hydrogen-bond acceptors (Lipinski definition) is 4. The van der Waals surface area contributed by atoms with E-state index in [9.17, 15) is 0 Å². The molecule has 2 N–H and O–H groups in total. The molecule has 0 radical (unpaired) electrons. The zero-order chi connectivity index (χ0) is 13.7. The van der Waals surface area contributed by atoms with Crippen molar-refractivity contribution in [2.24, 2.45) is 5.73 Å². The van der Waals surface area contributed by atoms with E-state index in [0.29, 0.717) is 18.9 Å². The van der Waals surface area contributed by atoms with Crippen molar-refractivity contribution in [2.45, 2.75) is 13.2 Å². The van der Waals surface area contributed by atoms with Crippen LogP contribution in [0.4, 0.5) is 0 Å². The van der Waals surface area contributed by atoms with Crippen LogP contribution in [-0.4, -0.2) is 12.1 Å². The summed E-state index contributed by atoms with van der Waals surface area (Å²) in [7, 11) is 1.64. The van der Waals surface area contributed by atoms with Crippen LogP contribution >= 0.6 is 15.9 Å². The van der Waals surface area contributed by atoms with Crippen molar-refractivity contribution in [3.63, 3.8) is 0 Å². The summed E-state index contributed by atoms with van der Waals surface area (Å²) < 4.78 is 12.0. The molecule has 0 saturated heterocycles. The van der Waals surface area contributed by atoms with Crippen LogP contribution in [0.3, 0.4) is 0 Å². The van der Waals surface area contributed by atoms with E-state index < -0.39 is 0 Å². The third-order valence-corrected chi connectivity index (χ3v) is 3.14. The minimum absolute atomic E-state index is 0.423. The molecule has 0 aliphatic carbocycles. The van der Waals surface area contributed by atoms with Crippen molar-refractivity contribution in [1.82, 2.24) is 4.98 Å². The summed E-state index contributed by atoms with van der Waals surface area (Å²) in [5.41, 5.74) is 7.31. The average Bonchev–Trinajstić information content (AvgIpc) is 2.46. The van der Waals surface area contributed by atoms with E-state index >= 15 is 0 Å². The fourth-order valence-electron chi connectivity index (χ4n) is 1.64. The molecule has 0 bridgehead atoms. The van der Waals surface area contributed by atoms with Gasteiger partial charge in [-0.05, 0) is 30.3 Å². The van der Waals surface area contributed by atoms with E-state index in [1.807, 2.05) is 30.3 Å². The number of nitrogens with zero attached hydrogens (tertiary/aromatic N) is 1. The summed E-state index contributed by atoms with van der Waals surface area (Å²) in [6.45, 7) is 0.853. The average molecular weight is 323 g/mol. The summed E-state index contributed by atoms with van der Waals surface area (Å²) in [6.07, 6.45) is 1.67. The molecular formula is C14H15BrN2O2. The Balaban J connectivity index is 2.07.